The van der Waals surface area contributed by atoms with Gasteiger partial charge in [-0.05, 0) is 42.8 Å². The summed E-state index contributed by atoms with van der Waals surface area (Å²) in [6.07, 6.45) is 3.07. The van der Waals surface area contributed by atoms with E-state index in [0.29, 0.717) is 4.47 Å². The third kappa shape index (κ3) is 3.51. The fourth-order valence-corrected chi connectivity index (χ4v) is 2.65. The van der Waals surface area contributed by atoms with Crippen LogP contribution in [0.5, 0.6) is 0 Å². The number of benzene rings is 2. The van der Waals surface area contributed by atoms with E-state index >= 15 is 0 Å². The molecule has 1 unspecified atom stereocenters. The molecule has 5 nitrogen and oxygen atoms in total. The minimum Gasteiger partial charge on any atom is -0.345 e. The van der Waals surface area contributed by atoms with Crippen LogP contribution in [0.3, 0.4) is 0 Å². The molecule has 1 aromatic heterocycles. The first-order chi connectivity index (χ1) is 11.5. The lowest BCUT2D eigenvalue weighted by molar-refractivity contribution is 0.0935. The Morgan fingerprint density at radius 1 is 1.25 bits per heavy atom. The van der Waals surface area contributed by atoms with Crippen LogP contribution in [0.15, 0.2) is 59.6 Å². The van der Waals surface area contributed by atoms with Gasteiger partial charge in [-0.1, -0.05) is 28.1 Å². The molecule has 7 heteroatoms. The number of rotatable bonds is 4. The molecule has 0 saturated carbocycles. The van der Waals surface area contributed by atoms with Crippen LogP contribution in [0.25, 0.3) is 5.69 Å². The van der Waals surface area contributed by atoms with Gasteiger partial charge in [-0.3, -0.25) is 4.79 Å². The lowest BCUT2D eigenvalue weighted by Gasteiger charge is -2.15. The maximum absolute atomic E-state index is 13.8. The smallest absolute Gasteiger partial charge is 0.254 e. The van der Waals surface area contributed by atoms with Crippen LogP contribution in [0, 0.1) is 5.82 Å². The van der Waals surface area contributed by atoms with Crippen molar-refractivity contribution in [1.29, 1.82) is 0 Å². The number of aromatic nitrogens is 3. The first-order valence-electron chi connectivity index (χ1n) is 7.25. The highest BCUT2D eigenvalue weighted by atomic mass is 79.9. The normalized spacial score (nSPS) is 12.0. The standard InChI is InChI=1S/C17H14BrFN4O/c1-11(22-17(24)15-8-13(18)4-7-16(15)19)12-2-5-14(6-3-12)23-10-20-9-21-23/h2-11H,1H3,(H,22,24). The second-order valence-electron chi connectivity index (χ2n) is 5.25. The zero-order chi connectivity index (χ0) is 17.1. The van der Waals surface area contributed by atoms with Gasteiger partial charge in [0.15, 0.2) is 0 Å². The van der Waals surface area contributed by atoms with Crippen molar-refractivity contribution in [2.75, 3.05) is 0 Å². The Bertz CT molecular complexity index is 850. The van der Waals surface area contributed by atoms with E-state index in [-0.39, 0.29) is 11.6 Å². The first kappa shape index (κ1) is 16.3. The number of nitrogens with one attached hydrogen (secondary N) is 1. The Morgan fingerprint density at radius 3 is 2.67 bits per heavy atom. The van der Waals surface area contributed by atoms with Crippen molar-refractivity contribution >= 4 is 21.8 Å². The summed E-state index contributed by atoms with van der Waals surface area (Å²) in [5.74, 6) is -1.01. The summed E-state index contributed by atoms with van der Waals surface area (Å²) < 4.78 is 16.1. The van der Waals surface area contributed by atoms with E-state index in [9.17, 15) is 9.18 Å². The maximum atomic E-state index is 13.8. The average molecular weight is 389 g/mol. The predicted octanol–water partition coefficient (Wildman–Crippen LogP) is 3.66. The van der Waals surface area contributed by atoms with Gasteiger partial charge in [0.25, 0.3) is 5.91 Å². The summed E-state index contributed by atoms with van der Waals surface area (Å²) in [5, 5.41) is 6.86. The van der Waals surface area contributed by atoms with Gasteiger partial charge in [0.1, 0.15) is 18.5 Å². The quantitative estimate of drug-likeness (QED) is 0.741. The summed E-state index contributed by atoms with van der Waals surface area (Å²) >= 11 is 3.24. The van der Waals surface area contributed by atoms with Crippen LogP contribution in [-0.2, 0) is 0 Å². The fraction of sp³-hybridized carbons (Fsp3) is 0.118. The largest absolute Gasteiger partial charge is 0.345 e. The molecule has 1 atom stereocenters. The molecule has 0 aliphatic carbocycles. The molecular formula is C17H14BrFN4O. The first-order valence-corrected chi connectivity index (χ1v) is 8.05. The van der Waals surface area contributed by atoms with Crippen molar-refractivity contribution in [3.8, 4) is 5.69 Å². The number of carbonyl (C=O) groups excluding carboxylic acids is 1. The SMILES string of the molecule is CC(NC(=O)c1cc(Br)ccc1F)c1ccc(-n2cncn2)cc1. The summed E-state index contributed by atoms with van der Waals surface area (Å²) in [6.45, 7) is 1.85. The summed E-state index contributed by atoms with van der Waals surface area (Å²) in [4.78, 5) is 16.2. The highest BCUT2D eigenvalue weighted by molar-refractivity contribution is 9.10. The van der Waals surface area contributed by atoms with E-state index in [4.69, 9.17) is 0 Å². The number of hydrogen-bond acceptors (Lipinski definition) is 3. The molecule has 0 fully saturated rings. The van der Waals surface area contributed by atoms with Gasteiger partial charge in [-0.25, -0.2) is 14.1 Å². The molecule has 0 spiro atoms. The molecular weight excluding hydrogens is 375 g/mol. The highest BCUT2D eigenvalue weighted by Crippen LogP contribution is 2.19. The Morgan fingerprint density at radius 2 is 2.00 bits per heavy atom. The van der Waals surface area contributed by atoms with Gasteiger partial charge in [-0.2, -0.15) is 5.10 Å². The molecule has 0 saturated heterocycles. The van der Waals surface area contributed by atoms with E-state index in [1.54, 1.807) is 17.1 Å². The van der Waals surface area contributed by atoms with Crippen molar-refractivity contribution in [3.63, 3.8) is 0 Å². The van der Waals surface area contributed by atoms with Gasteiger partial charge >= 0.3 is 0 Å². The zero-order valence-corrected chi connectivity index (χ0v) is 14.4. The summed E-state index contributed by atoms with van der Waals surface area (Å²) in [6, 6.07) is 11.6. The number of nitrogens with zero attached hydrogens (tertiary/aromatic N) is 3. The van der Waals surface area contributed by atoms with Gasteiger partial charge in [0, 0.05) is 4.47 Å². The Hall–Kier alpha value is -2.54. The van der Waals surface area contributed by atoms with E-state index in [1.807, 2.05) is 31.2 Å². The highest BCUT2D eigenvalue weighted by Gasteiger charge is 2.15. The lowest BCUT2D eigenvalue weighted by Crippen LogP contribution is -2.27. The maximum Gasteiger partial charge on any atom is 0.254 e. The topological polar surface area (TPSA) is 59.8 Å². The van der Waals surface area contributed by atoms with Crippen molar-refractivity contribution in [1.82, 2.24) is 20.1 Å². The van der Waals surface area contributed by atoms with Gasteiger partial charge < -0.3 is 5.32 Å². The van der Waals surface area contributed by atoms with Gasteiger partial charge in [0.2, 0.25) is 0 Å². The third-order valence-electron chi connectivity index (χ3n) is 3.60. The summed E-state index contributed by atoms with van der Waals surface area (Å²) in [7, 11) is 0. The van der Waals surface area contributed by atoms with Crippen LogP contribution in [0.2, 0.25) is 0 Å². The van der Waals surface area contributed by atoms with E-state index in [2.05, 4.69) is 31.3 Å². The monoisotopic (exact) mass is 388 g/mol. The van der Waals surface area contributed by atoms with E-state index < -0.39 is 11.7 Å². The number of amides is 1. The predicted molar refractivity (Wildman–Crippen MR) is 91.3 cm³/mol. The second-order valence-corrected chi connectivity index (χ2v) is 6.17. The number of hydrogen-bond donors (Lipinski definition) is 1. The van der Waals surface area contributed by atoms with E-state index in [0.717, 1.165) is 11.3 Å². The van der Waals surface area contributed by atoms with Gasteiger partial charge in [0.05, 0.1) is 17.3 Å². The molecule has 0 aliphatic heterocycles. The zero-order valence-electron chi connectivity index (χ0n) is 12.8. The van der Waals surface area contributed by atoms with Crippen molar-refractivity contribution in [3.05, 3.63) is 76.5 Å². The van der Waals surface area contributed by atoms with Crippen LogP contribution < -0.4 is 5.32 Å². The molecule has 1 heterocycles. The Kier molecular flexibility index (Phi) is 4.71. The lowest BCUT2D eigenvalue weighted by atomic mass is 10.1. The molecule has 2 aromatic carbocycles. The molecule has 3 rings (SSSR count). The van der Waals surface area contributed by atoms with Gasteiger partial charge in [-0.15, -0.1) is 0 Å². The molecule has 0 bridgehead atoms. The minimum atomic E-state index is -0.551. The van der Waals surface area contributed by atoms with Crippen molar-refractivity contribution in [2.45, 2.75) is 13.0 Å². The Labute approximate surface area is 146 Å². The number of halogens is 2. The van der Waals surface area contributed by atoms with Crippen LogP contribution in [0.1, 0.15) is 28.9 Å². The van der Waals surface area contributed by atoms with E-state index in [1.165, 1.54) is 18.5 Å². The molecule has 1 N–H and O–H groups in total. The summed E-state index contributed by atoms with van der Waals surface area (Å²) in [5.41, 5.74) is 1.78. The number of carbonyl (C=O) groups is 1. The molecule has 24 heavy (non-hydrogen) atoms. The molecule has 0 aliphatic rings. The van der Waals surface area contributed by atoms with Crippen LogP contribution in [-0.4, -0.2) is 20.7 Å². The molecule has 0 radical (unpaired) electrons. The second kappa shape index (κ2) is 6.92. The van der Waals surface area contributed by atoms with Crippen molar-refractivity contribution < 1.29 is 9.18 Å². The molecule has 122 valence electrons. The third-order valence-corrected chi connectivity index (χ3v) is 4.09. The van der Waals surface area contributed by atoms with Crippen molar-refractivity contribution in [2.24, 2.45) is 0 Å². The fourth-order valence-electron chi connectivity index (χ4n) is 2.29. The minimum absolute atomic E-state index is 0.00969. The Balaban J connectivity index is 1.73. The molecule has 1 amide bonds. The van der Waals surface area contributed by atoms with Crippen LogP contribution in [0.4, 0.5) is 4.39 Å². The van der Waals surface area contributed by atoms with Crippen LogP contribution >= 0.6 is 15.9 Å². The molecule has 3 aromatic rings. The average Bonchev–Trinajstić information content (AvgIpc) is 3.11.